The van der Waals surface area contributed by atoms with Crippen molar-refractivity contribution in [3.63, 3.8) is 0 Å². The van der Waals surface area contributed by atoms with Gasteiger partial charge in [-0.3, -0.25) is 4.79 Å². The standard InChI is InChI=1S/C56H111NO4/c1-3-5-7-9-11-13-15-17-19-21-22-23-24-25-26-27-28-29-30-31-32-34-35-37-39-41-43-45-47-49-53(59)51-56(61)57-54(52-58)55(60)50-48-46-44-42-40-38-36-33-20-18-16-14-12-10-8-6-4-2/h48,50,53-55,58-60H,3-47,49,51-52H2,1-2H3,(H,57,61)/b50-48+. The fourth-order valence-corrected chi connectivity index (χ4v) is 9.05. The van der Waals surface area contributed by atoms with Crippen molar-refractivity contribution >= 4 is 5.91 Å². The number of hydrogen-bond acceptors (Lipinski definition) is 4. The number of carbonyl (C=O) groups is 1. The smallest absolute Gasteiger partial charge is 0.222 e. The first kappa shape index (κ1) is 60.1. The largest absolute Gasteiger partial charge is 0.394 e. The monoisotopic (exact) mass is 862 g/mol. The fourth-order valence-electron chi connectivity index (χ4n) is 9.05. The molecular formula is C56H111NO4. The van der Waals surface area contributed by atoms with Gasteiger partial charge in [-0.1, -0.05) is 302 Å². The number of rotatable bonds is 52. The first-order chi connectivity index (χ1) is 30.0. The minimum absolute atomic E-state index is 0.0194. The lowest BCUT2D eigenvalue weighted by Crippen LogP contribution is -2.45. The van der Waals surface area contributed by atoms with E-state index in [1.807, 2.05) is 6.08 Å². The van der Waals surface area contributed by atoms with Crippen LogP contribution in [0.15, 0.2) is 12.2 Å². The van der Waals surface area contributed by atoms with E-state index in [1.54, 1.807) is 6.08 Å². The summed E-state index contributed by atoms with van der Waals surface area (Å²) >= 11 is 0. The van der Waals surface area contributed by atoms with Gasteiger partial charge in [-0.2, -0.15) is 0 Å². The van der Waals surface area contributed by atoms with Crippen LogP contribution in [0.25, 0.3) is 0 Å². The Bertz CT molecular complexity index is 864. The average molecular weight is 863 g/mol. The van der Waals surface area contributed by atoms with Crippen molar-refractivity contribution < 1.29 is 20.1 Å². The third-order valence-corrected chi connectivity index (χ3v) is 13.3. The molecule has 5 nitrogen and oxygen atoms in total. The summed E-state index contributed by atoms with van der Waals surface area (Å²) in [5, 5.41) is 33.4. The first-order valence-electron chi connectivity index (χ1n) is 28.0. The molecule has 3 atom stereocenters. The molecule has 0 heterocycles. The highest BCUT2D eigenvalue weighted by atomic mass is 16.3. The lowest BCUT2D eigenvalue weighted by Gasteiger charge is -2.21. The molecule has 0 aliphatic heterocycles. The summed E-state index contributed by atoms with van der Waals surface area (Å²) in [6.45, 7) is 4.25. The number of hydrogen-bond donors (Lipinski definition) is 4. The van der Waals surface area contributed by atoms with E-state index in [0.29, 0.717) is 6.42 Å². The van der Waals surface area contributed by atoms with Crippen molar-refractivity contribution in [3.05, 3.63) is 12.2 Å². The summed E-state index contributed by atoms with van der Waals surface area (Å²) in [7, 11) is 0. The molecule has 0 aromatic rings. The number of aliphatic hydroxyl groups is 3. The van der Waals surface area contributed by atoms with Gasteiger partial charge in [0.15, 0.2) is 0 Å². The predicted octanol–water partition coefficient (Wildman–Crippen LogP) is 17.1. The first-order valence-corrected chi connectivity index (χ1v) is 28.0. The molecule has 364 valence electrons. The van der Waals surface area contributed by atoms with E-state index in [9.17, 15) is 20.1 Å². The normalized spacial score (nSPS) is 13.3. The molecule has 0 fully saturated rings. The van der Waals surface area contributed by atoms with Crippen LogP contribution in [0.2, 0.25) is 0 Å². The van der Waals surface area contributed by atoms with E-state index >= 15 is 0 Å². The number of nitrogens with one attached hydrogen (secondary N) is 1. The molecular weight excluding hydrogens is 751 g/mol. The van der Waals surface area contributed by atoms with Crippen molar-refractivity contribution in [1.82, 2.24) is 5.32 Å². The van der Waals surface area contributed by atoms with Crippen molar-refractivity contribution in [2.24, 2.45) is 0 Å². The Kier molecular flexibility index (Phi) is 51.0. The molecule has 0 saturated carbocycles. The molecule has 0 aromatic heterocycles. The minimum Gasteiger partial charge on any atom is -0.394 e. The van der Waals surface area contributed by atoms with Gasteiger partial charge < -0.3 is 20.6 Å². The number of aliphatic hydroxyl groups excluding tert-OH is 3. The van der Waals surface area contributed by atoms with Crippen molar-refractivity contribution in [2.75, 3.05) is 6.61 Å². The summed E-state index contributed by atoms with van der Waals surface area (Å²) in [5.41, 5.74) is 0. The lowest BCUT2D eigenvalue weighted by atomic mass is 10.0. The Morgan fingerprint density at radius 3 is 0.951 bits per heavy atom. The molecule has 5 heteroatoms. The Hall–Kier alpha value is -0.910. The fraction of sp³-hybridized carbons (Fsp3) is 0.946. The molecule has 0 rings (SSSR count). The van der Waals surface area contributed by atoms with Crippen LogP contribution in [0.4, 0.5) is 0 Å². The molecule has 3 unspecified atom stereocenters. The molecule has 0 saturated heterocycles. The van der Waals surface area contributed by atoms with Crippen LogP contribution in [-0.2, 0) is 4.79 Å². The molecule has 0 aliphatic carbocycles. The third kappa shape index (κ3) is 48.4. The van der Waals surface area contributed by atoms with Crippen LogP contribution < -0.4 is 5.32 Å². The summed E-state index contributed by atoms with van der Waals surface area (Å²) in [5.74, 6) is -0.309. The van der Waals surface area contributed by atoms with Crippen LogP contribution in [0.5, 0.6) is 0 Å². The number of amides is 1. The molecule has 0 spiro atoms. The van der Waals surface area contributed by atoms with Gasteiger partial charge in [0, 0.05) is 0 Å². The second-order valence-corrected chi connectivity index (χ2v) is 19.6. The summed E-state index contributed by atoms with van der Waals surface area (Å²) < 4.78 is 0. The quantitative estimate of drug-likeness (QED) is 0.0362. The maximum absolute atomic E-state index is 12.5. The van der Waals surface area contributed by atoms with Crippen LogP contribution in [0.3, 0.4) is 0 Å². The highest BCUT2D eigenvalue weighted by Gasteiger charge is 2.20. The van der Waals surface area contributed by atoms with Gasteiger partial charge in [-0.15, -0.1) is 0 Å². The number of unbranched alkanes of at least 4 members (excludes halogenated alkanes) is 43. The Morgan fingerprint density at radius 1 is 0.410 bits per heavy atom. The number of carbonyl (C=O) groups excluding carboxylic acids is 1. The van der Waals surface area contributed by atoms with E-state index in [2.05, 4.69) is 19.2 Å². The molecule has 0 aromatic carbocycles. The van der Waals surface area contributed by atoms with Gasteiger partial charge in [0.25, 0.3) is 0 Å². The van der Waals surface area contributed by atoms with Gasteiger partial charge in [0.1, 0.15) is 0 Å². The van der Waals surface area contributed by atoms with E-state index in [1.165, 1.54) is 263 Å². The molecule has 4 N–H and O–H groups in total. The van der Waals surface area contributed by atoms with Gasteiger partial charge in [0.05, 0.1) is 31.3 Å². The van der Waals surface area contributed by atoms with Crippen LogP contribution in [0, 0.1) is 0 Å². The predicted molar refractivity (Wildman–Crippen MR) is 269 cm³/mol. The van der Waals surface area contributed by atoms with Crippen molar-refractivity contribution in [3.8, 4) is 0 Å². The van der Waals surface area contributed by atoms with E-state index in [0.717, 1.165) is 25.7 Å². The minimum atomic E-state index is -0.925. The molecule has 61 heavy (non-hydrogen) atoms. The van der Waals surface area contributed by atoms with Gasteiger partial charge >= 0.3 is 0 Å². The van der Waals surface area contributed by atoms with E-state index in [-0.39, 0.29) is 18.9 Å². The van der Waals surface area contributed by atoms with Crippen LogP contribution in [-0.4, -0.2) is 46.1 Å². The van der Waals surface area contributed by atoms with E-state index in [4.69, 9.17) is 0 Å². The van der Waals surface area contributed by atoms with Crippen molar-refractivity contribution in [1.29, 1.82) is 0 Å². The average Bonchev–Trinajstić information content (AvgIpc) is 3.25. The zero-order valence-electron chi connectivity index (χ0n) is 41.6. The summed E-state index contributed by atoms with van der Waals surface area (Å²) in [4.78, 5) is 12.5. The second kappa shape index (κ2) is 51.7. The Balaban J connectivity index is 3.50. The second-order valence-electron chi connectivity index (χ2n) is 19.6. The summed E-state index contributed by atoms with van der Waals surface area (Å²) in [6, 6.07) is -0.740. The highest BCUT2D eigenvalue weighted by molar-refractivity contribution is 5.76. The molecule has 0 radical (unpaired) electrons. The Morgan fingerprint density at radius 2 is 0.672 bits per heavy atom. The maximum atomic E-state index is 12.5. The SMILES string of the molecule is CCCCCCCCCCCCCCCCC/C=C/C(O)C(CO)NC(=O)CC(O)CCCCCCCCCCCCCCCCCCCCCCCCCCCCCCC. The topological polar surface area (TPSA) is 89.8 Å². The third-order valence-electron chi connectivity index (χ3n) is 13.3. The van der Waals surface area contributed by atoms with Crippen molar-refractivity contribution in [2.45, 2.75) is 334 Å². The van der Waals surface area contributed by atoms with Crippen LogP contribution >= 0.6 is 0 Å². The zero-order chi connectivity index (χ0) is 44.4. The molecule has 1 amide bonds. The van der Waals surface area contributed by atoms with Crippen LogP contribution in [0.1, 0.15) is 316 Å². The summed E-state index contributed by atoms with van der Waals surface area (Å²) in [6.07, 6.45) is 64.0. The molecule has 0 aliphatic rings. The maximum Gasteiger partial charge on any atom is 0.222 e. The van der Waals surface area contributed by atoms with E-state index < -0.39 is 18.2 Å². The zero-order valence-corrected chi connectivity index (χ0v) is 41.6. The van der Waals surface area contributed by atoms with Gasteiger partial charge in [-0.05, 0) is 19.3 Å². The lowest BCUT2D eigenvalue weighted by molar-refractivity contribution is -0.124. The number of allylic oxidation sites excluding steroid dienone is 1. The highest BCUT2D eigenvalue weighted by Crippen LogP contribution is 2.18. The van der Waals surface area contributed by atoms with Gasteiger partial charge in [0.2, 0.25) is 5.91 Å². The van der Waals surface area contributed by atoms with Gasteiger partial charge in [-0.25, -0.2) is 0 Å². The molecule has 0 bridgehead atoms. The Labute approximate surface area is 382 Å².